The molecule has 1 aromatic carbocycles. The molecule has 1 N–H and O–H groups in total. The fourth-order valence-electron chi connectivity index (χ4n) is 3.46. The van der Waals surface area contributed by atoms with Gasteiger partial charge in [0.1, 0.15) is 5.82 Å². The van der Waals surface area contributed by atoms with Gasteiger partial charge in [0.2, 0.25) is 10.0 Å². The molecule has 1 aliphatic rings. The first kappa shape index (κ1) is 19.0. The lowest BCUT2D eigenvalue weighted by atomic mass is 9.99. The second-order valence-electron chi connectivity index (χ2n) is 6.96. The SMILES string of the molecule is CS(=O)(=O)N1CCC[C@@H](c2nc3c(nnn3Cc3cccc(Cl)c3)c(=O)[nH]2)C1. The van der Waals surface area contributed by atoms with Gasteiger partial charge in [-0.3, -0.25) is 4.79 Å². The second kappa shape index (κ2) is 7.26. The Labute approximate surface area is 166 Å². The minimum Gasteiger partial charge on any atom is -0.308 e. The maximum absolute atomic E-state index is 12.5. The molecule has 2 aromatic heterocycles. The van der Waals surface area contributed by atoms with E-state index < -0.39 is 10.0 Å². The molecule has 1 atom stereocenters. The maximum Gasteiger partial charge on any atom is 0.281 e. The standard InChI is InChI=1S/C17H19ClN6O3S/c1-28(26,27)23-7-3-5-12(10-23)15-19-16-14(17(25)20-15)21-22-24(16)9-11-4-2-6-13(18)8-11/h2,4,6,8,12H,3,5,7,9-10H2,1H3,(H,19,20,25)/t12-/m1/s1. The van der Waals surface area contributed by atoms with E-state index in [1.54, 1.807) is 10.7 Å². The van der Waals surface area contributed by atoms with E-state index in [4.69, 9.17) is 11.6 Å². The summed E-state index contributed by atoms with van der Waals surface area (Å²) in [5, 5.41) is 8.61. The van der Waals surface area contributed by atoms with Crippen molar-refractivity contribution < 1.29 is 8.42 Å². The first-order chi connectivity index (χ1) is 13.3. The number of halogens is 1. The molecule has 0 aliphatic carbocycles. The lowest BCUT2D eigenvalue weighted by molar-refractivity contribution is 0.311. The Morgan fingerprint density at radius 1 is 1.36 bits per heavy atom. The summed E-state index contributed by atoms with van der Waals surface area (Å²) in [4.78, 5) is 19.8. The van der Waals surface area contributed by atoms with Crippen molar-refractivity contribution in [2.24, 2.45) is 0 Å². The Hall–Kier alpha value is -2.30. The molecule has 1 saturated heterocycles. The van der Waals surface area contributed by atoms with Gasteiger partial charge in [0.15, 0.2) is 11.2 Å². The number of aromatic nitrogens is 5. The van der Waals surface area contributed by atoms with E-state index in [0.29, 0.717) is 42.5 Å². The number of hydrogen-bond donors (Lipinski definition) is 1. The fraction of sp³-hybridized carbons (Fsp3) is 0.412. The highest BCUT2D eigenvalue weighted by Crippen LogP contribution is 2.26. The molecule has 1 fully saturated rings. The zero-order chi connectivity index (χ0) is 19.9. The number of nitrogens with one attached hydrogen (secondary N) is 1. The number of rotatable bonds is 4. The Bertz CT molecular complexity index is 1190. The Morgan fingerprint density at radius 3 is 2.93 bits per heavy atom. The summed E-state index contributed by atoms with van der Waals surface area (Å²) in [5.41, 5.74) is 1.05. The number of fused-ring (bicyclic) bond motifs is 1. The van der Waals surface area contributed by atoms with Crippen LogP contribution in [0.15, 0.2) is 29.1 Å². The van der Waals surface area contributed by atoms with Gasteiger partial charge in [-0.2, -0.15) is 0 Å². The van der Waals surface area contributed by atoms with E-state index in [1.165, 1.54) is 10.6 Å². The quantitative estimate of drug-likeness (QED) is 0.678. The monoisotopic (exact) mass is 422 g/mol. The molecule has 9 nitrogen and oxygen atoms in total. The van der Waals surface area contributed by atoms with E-state index in [0.717, 1.165) is 12.0 Å². The zero-order valence-corrected chi connectivity index (χ0v) is 16.7. The Morgan fingerprint density at radius 2 is 2.18 bits per heavy atom. The average Bonchev–Trinajstić information content (AvgIpc) is 3.04. The molecule has 0 unspecified atom stereocenters. The lowest BCUT2D eigenvalue weighted by Gasteiger charge is -2.30. The van der Waals surface area contributed by atoms with Crippen LogP contribution in [0.3, 0.4) is 0 Å². The minimum atomic E-state index is -3.29. The topological polar surface area (TPSA) is 114 Å². The van der Waals surface area contributed by atoms with Gasteiger partial charge in [0.05, 0.1) is 12.8 Å². The van der Waals surface area contributed by atoms with Gasteiger partial charge in [0, 0.05) is 24.0 Å². The largest absolute Gasteiger partial charge is 0.308 e. The van der Waals surface area contributed by atoms with Gasteiger partial charge in [-0.1, -0.05) is 28.9 Å². The summed E-state index contributed by atoms with van der Waals surface area (Å²) in [7, 11) is -3.29. The van der Waals surface area contributed by atoms with Crippen molar-refractivity contribution in [3.05, 3.63) is 51.0 Å². The molecule has 4 rings (SSSR count). The molecular weight excluding hydrogens is 404 g/mol. The molecule has 0 radical (unpaired) electrons. The third-order valence-corrected chi connectivity index (χ3v) is 6.36. The summed E-state index contributed by atoms with van der Waals surface area (Å²) in [5.74, 6) is 0.274. The Kier molecular flexibility index (Phi) is 4.94. The molecule has 0 amide bonds. The van der Waals surface area contributed by atoms with Crippen LogP contribution in [0.2, 0.25) is 5.02 Å². The van der Waals surface area contributed by atoms with E-state index in [-0.39, 0.29) is 17.0 Å². The van der Waals surface area contributed by atoms with Crippen LogP contribution < -0.4 is 5.56 Å². The van der Waals surface area contributed by atoms with Gasteiger partial charge in [-0.05, 0) is 30.5 Å². The molecule has 0 saturated carbocycles. The van der Waals surface area contributed by atoms with E-state index in [9.17, 15) is 13.2 Å². The van der Waals surface area contributed by atoms with Crippen LogP contribution in [0, 0.1) is 0 Å². The predicted octanol–water partition coefficient (Wildman–Crippen LogP) is 1.36. The molecule has 0 spiro atoms. The van der Waals surface area contributed by atoms with Crippen molar-refractivity contribution in [2.75, 3.05) is 19.3 Å². The summed E-state index contributed by atoms with van der Waals surface area (Å²) in [6.07, 6.45) is 2.65. The Balaban J connectivity index is 1.70. The average molecular weight is 423 g/mol. The van der Waals surface area contributed by atoms with Crippen molar-refractivity contribution >= 4 is 32.8 Å². The van der Waals surface area contributed by atoms with Crippen molar-refractivity contribution in [3.63, 3.8) is 0 Å². The van der Waals surface area contributed by atoms with Crippen LogP contribution >= 0.6 is 11.6 Å². The predicted molar refractivity (Wildman–Crippen MR) is 105 cm³/mol. The van der Waals surface area contributed by atoms with Gasteiger partial charge in [-0.25, -0.2) is 22.4 Å². The van der Waals surface area contributed by atoms with Crippen LogP contribution in [-0.4, -0.2) is 57.0 Å². The van der Waals surface area contributed by atoms with E-state index >= 15 is 0 Å². The van der Waals surface area contributed by atoms with Gasteiger partial charge >= 0.3 is 0 Å². The maximum atomic E-state index is 12.5. The van der Waals surface area contributed by atoms with E-state index in [2.05, 4.69) is 20.3 Å². The molecule has 0 bridgehead atoms. The molecular formula is C17H19ClN6O3S. The summed E-state index contributed by atoms with van der Waals surface area (Å²) >= 11 is 6.04. The van der Waals surface area contributed by atoms with Crippen LogP contribution in [0.25, 0.3) is 11.2 Å². The van der Waals surface area contributed by atoms with Crippen LogP contribution in [0.1, 0.15) is 30.1 Å². The number of H-pyrrole nitrogens is 1. The van der Waals surface area contributed by atoms with Crippen molar-refractivity contribution in [2.45, 2.75) is 25.3 Å². The highest BCUT2D eigenvalue weighted by atomic mass is 35.5. The lowest BCUT2D eigenvalue weighted by Crippen LogP contribution is -2.39. The molecule has 3 heterocycles. The van der Waals surface area contributed by atoms with E-state index in [1.807, 2.05) is 18.2 Å². The number of hydrogen-bond acceptors (Lipinski definition) is 6. The minimum absolute atomic E-state index is 0.154. The summed E-state index contributed by atoms with van der Waals surface area (Å²) in [6, 6.07) is 7.33. The first-order valence-corrected chi connectivity index (χ1v) is 11.1. The number of benzene rings is 1. The van der Waals surface area contributed by atoms with Crippen LogP contribution in [0.4, 0.5) is 0 Å². The normalized spacial score (nSPS) is 18.6. The van der Waals surface area contributed by atoms with Gasteiger partial charge < -0.3 is 4.98 Å². The van der Waals surface area contributed by atoms with Gasteiger partial charge in [-0.15, -0.1) is 5.10 Å². The van der Waals surface area contributed by atoms with Crippen LogP contribution in [-0.2, 0) is 16.6 Å². The van der Waals surface area contributed by atoms with Gasteiger partial charge in [0.25, 0.3) is 5.56 Å². The summed E-state index contributed by atoms with van der Waals surface area (Å²) in [6.45, 7) is 1.15. The van der Waals surface area contributed by atoms with Crippen molar-refractivity contribution in [1.29, 1.82) is 0 Å². The highest BCUT2D eigenvalue weighted by Gasteiger charge is 2.29. The smallest absolute Gasteiger partial charge is 0.281 e. The first-order valence-electron chi connectivity index (χ1n) is 8.84. The van der Waals surface area contributed by atoms with Crippen LogP contribution in [0.5, 0.6) is 0 Å². The second-order valence-corrected chi connectivity index (χ2v) is 9.38. The molecule has 1 aliphatic heterocycles. The summed E-state index contributed by atoms with van der Waals surface area (Å²) < 4.78 is 26.7. The third-order valence-electron chi connectivity index (χ3n) is 4.85. The molecule has 148 valence electrons. The molecule has 28 heavy (non-hydrogen) atoms. The van der Waals surface area contributed by atoms with Crippen molar-refractivity contribution in [1.82, 2.24) is 29.3 Å². The zero-order valence-electron chi connectivity index (χ0n) is 15.2. The van der Waals surface area contributed by atoms with Crippen molar-refractivity contribution in [3.8, 4) is 0 Å². The highest BCUT2D eigenvalue weighted by molar-refractivity contribution is 7.88. The third kappa shape index (κ3) is 3.80. The molecule has 3 aromatic rings. The number of piperidine rings is 1. The fourth-order valence-corrected chi connectivity index (χ4v) is 4.58. The molecule has 11 heteroatoms. The number of nitrogens with zero attached hydrogens (tertiary/aromatic N) is 5. The number of sulfonamides is 1. The number of aromatic amines is 1.